The third-order valence-electron chi connectivity index (χ3n) is 2.22. The molecule has 110 valence electrons. The highest BCUT2D eigenvalue weighted by Gasteiger charge is 2.10. The van der Waals surface area contributed by atoms with Crippen LogP contribution in [0, 0.1) is 0 Å². The predicted molar refractivity (Wildman–Crippen MR) is 79.7 cm³/mol. The quantitative estimate of drug-likeness (QED) is 0.253. The van der Waals surface area contributed by atoms with Gasteiger partial charge in [0, 0.05) is 19.7 Å². The van der Waals surface area contributed by atoms with Gasteiger partial charge in [0.2, 0.25) is 0 Å². The molecule has 1 aromatic rings. The van der Waals surface area contributed by atoms with Gasteiger partial charge in [0.1, 0.15) is 11.5 Å². The van der Waals surface area contributed by atoms with Crippen LogP contribution < -0.4 is 9.47 Å². The summed E-state index contributed by atoms with van der Waals surface area (Å²) in [6.07, 6.45) is 1.90. The van der Waals surface area contributed by atoms with E-state index < -0.39 is 0 Å². The van der Waals surface area contributed by atoms with E-state index in [1.807, 2.05) is 0 Å². The van der Waals surface area contributed by atoms with Gasteiger partial charge >= 0.3 is 11.9 Å². The fraction of sp³-hybridized carbons (Fsp3) is 0.429. The maximum absolute atomic E-state index is 11.1. The van der Waals surface area contributed by atoms with Crippen molar-refractivity contribution < 1.29 is 19.1 Å². The smallest absolute Gasteiger partial charge is 0.308 e. The summed E-state index contributed by atoms with van der Waals surface area (Å²) in [7, 11) is 0. The highest BCUT2D eigenvalue weighted by molar-refractivity contribution is 7.99. The minimum absolute atomic E-state index is 0.382. The molecule has 0 fully saturated rings. The average molecular weight is 317 g/mol. The van der Waals surface area contributed by atoms with E-state index in [0.29, 0.717) is 17.4 Å². The zero-order valence-electron chi connectivity index (χ0n) is 11.5. The van der Waals surface area contributed by atoms with Gasteiger partial charge < -0.3 is 9.47 Å². The zero-order chi connectivity index (χ0) is 15.0. The van der Waals surface area contributed by atoms with Crippen LogP contribution in [0.5, 0.6) is 11.5 Å². The summed E-state index contributed by atoms with van der Waals surface area (Å²) in [5.41, 5.74) is 0. The van der Waals surface area contributed by atoms with E-state index in [4.69, 9.17) is 21.1 Å². The molecule has 20 heavy (non-hydrogen) atoms. The van der Waals surface area contributed by atoms with E-state index in [9.17, 15) is 9.59 Å². The van der Waals surface area contributed by atoms with Gasteiger partial charge in [-0.25, -0.2) is 0 Å². The van der Waals surface area contributed by atoms with Crippen molar-refractivity contribution in [1.29, 1.82) is 0 Å². The molecule has 0 spiro atoms. The molecule has 0 N–H and O–H groups in total. The van der Waals surface area contributed by atoms with Crippen LogP contribution >= 0.6 is 23.4 Å². The number of carbonyl (C=O) groups is 2. The monoisotopic (exact) mass is 316 g/mol. The first-order chi connectivity index (χ1) is 9.52. The fourth-order valence-electron chi connectivity index (χ4n) is 1.45. The SMILES string of the molecule is CC(=O)Oc1ccc(OC(C)=O)c(SCCCCCl)c1. The van der Waals surface area contributed by atoms with Crippen molar-refractivity contribution in [3.05, 3.63) is 18.2 Å². The van der Waals surface area contributed by atoms with Gasteiger partial charge in [0.05, 0.1) is 4.90 Å². The first kappa shape index (κ1) is 16.9. The summed E-state index contributed by atoms with van der Waals surface area (Å²) in [5, 5.41) is 0. The minimum atomic E-state index is -0.386. The highest BCUT2D eigenvalue weighted by Crippen LogP contribution is 2.33. The van der Waals surface area contributed by atoms with E-state index >= 15 is 0 Å². The molecule has 0 saturated heterocycles. The number of benzene rings is 1. The van der Waals surface area contributed by atoms with Crippen LogP contribution in [-0.4, -0.2) is 23.6 Å². The lowest BCUT2D eigenvalue weighted by molar-refractivity contribution is -0.133. The Kier molecular flexibility index (Phi) is 7.47. The molecule has 0 heterocycles. The average Bonchev–Trinajstić information content (AvgIpc) is 2.36. The van der Waals surface area contributed by atoms with Gasteiger partial charge in [-0.1, -0.05) is 0 Å². The Labute approximate surface area is 127 Å². The van der Waals surface area contributed by atoms with Crippen LogP contribution in [0.2, 0.25) is 0 Å². The Bertz CT molecular complexity index is 476. The molecule has 0 aliphatic carbocycles. The maximum Gasteiger partial charge on any atom is 0.308 e. The third-order valence-corrected chi connectivity index (χ3v) is 3.61. The number of rotatable bonds is 7. The number of halogens is 1. The minimum Gasteiger partial charge on any atom is -0.427 e. The van der Waals surface area contributed by atoms with Crippen molar-refractivity contribution in [3.63, 3.8) is 0 Å². The number of carbonyl (C=O) groups excluding carboxylic acids is 2. The van der Waals surface area contributed by atoms with E-state index in [0.717, 1.165) is 23.5 Å². The standard InChI is InChI=1S/C14H17ClO4S/c1-10(16)18-12-5-6-13(19-11(2)17)14(9-12)20-8-4-3-7-15/h5-6,9H,3-4,7-8H2,1-2H3. The topological polar surface area (TPSA) is 52.6 Å². The van der Waals surface area contributed by atoms with E-state index in [-0.39, 0.29) is 11.9 Å². The summed E-state index contributed by atoms with van der Waals surface area (Å²) < 4.78 is 10.2. The molecule has 0 saturated carbocycles. The van der Waals surface area contributed by atoms with Gasteiger partial charge in [-0.05, 0) is 36.8 Å². The summed E-state index contributed by atoms with van der Waals surface area (Å²) in [6.45, 7) is 2.69. The van der Waals surface area contributed by atoms with Gasteiger partial charge in [-0.3, -0.25) is 9.59 Å². The summed E-state index contributed by atoms with van der Waals surface area (Å²) in [6, 6.07) is 4.93. The molecule has 0 aliphatic rings. The summed E-state index contributed by atoms with van der Waals surface area (Å²) in [4.78, 5) is 22.8. The highest BCUT2D eigenvalue weighted by atomic mass is 35.5. The lowest BCUT2D eigenvalue weighted by Crippen LogP contribution is -2.04. The van der Waals surface area contributed by atoms with Crippen LogP contribution in [0.15, 0.2) is 23.1 Å². The molecule has 0 aliphatic heterocycles. The fourth-order valence-corrected chi connectivity index (χ4v) is 2.66. The van der Waals surface area contributed by atoms with E-state index in [1.165, 1.54) is 13.8 Å². The molecule has 4 nitrogen and oxygen atoms in total. The number of unbranched alkanes of at least 4 members (excludes halogenated alkanes) is 1. The molecule has 1 aromatic carbocycles. The molecular weight excluding hydrogens is 300 g/mol. The van der Waals surface area contributed by atoms with Gasteiger partial charge in [-0.15, -0.1) is 23.4 Å². The number of esters is 2. The first-order valence-corrected chi connectivity index (χ1v) is 7.74. The second kappa shape index (κ2) is 8.87. The molecular formula is C14H17ClO4S. The molecule has 0 radical (unpaired) electrons. The Morgan fingerprint density at radius 3 is 2.45 bits per heavy atom. The van der Waals surface area contributed by atoms with Crippen molar-refractivity contribution in [1.82, 2.24) is 0 Å². The van der Waals surface area contributed by atoms with Crippen LogP contribution in [0.1, 0.15) is 26.7 Å². The third kappa shape index (κ3) is 6.30. The molecule has 0 bridgehead atoms. The van der Waals surface area contributed by atoms with Crippen molar-refractivity contribution in [2.75, 3.05) is 11.6 Å². The van der Waals surface area contributed by atoms with Crippen molar-refractivity contribution in [3.8, 4) is 11.5 Å². The Morgan fingerprint density at radius 1 is 1.15 bits per heavy atom. The summed E-state index contributed by atoms with van der Waals surface area (Å²) in [5.74, 6) is 1.63. The van der Waals surface area contributed by atoms with E-state index in [1.54, 1.807) is 30.0 Å². The first-order valence-electron chi connectivity index (χ1n) is 6.22. The molecule has 6 heteroatoms. The Morgan fingerprint density at radius 2 is 1.85 bits per heavy atom. The van der Waals surface area contributed by atoms with E-state index in [2.05, 4.69) is 0 Å². The van der Waals surface area contributed by atoms with Crippen molar-refractivity contribution >= 4 is 35.3 Å². The number of alkyl halides is 1. The molecule has 0 atom stereocenters. The zero-order valence-corrected chi connectivity index (χ0v) is 13.1. The number of hydrogen-bond donors (Lipinski definition) is 0. The van der Waals surface area contributed by atoms with Gasteiger partial charge in [0.25, 0.3) is 0 Å². The largest absolute Gasteiger partial charge is 0.427 e. The predicted octanol–water partition coefficient (Wildman–Crippen LogP) is 3.65. The Hall–Kier alpha value is -1.20. The van der Waals surface area contributed by atoms with Gasteiger partial charge in [-0.2, -0.15) is 0 Å². The molecule has 0 aromatic heterocycles. The lowest BCUT2D eigenvalue weighted by Gasteiger charge is -2.10. The number of ether oxygens (including phenoxy) is 2. The second-order valence-electron chi connectivity index (χ2n) is 4.04. The van der Waals surface area contributed by atoms with Crippen LogP contribution in [0.4, 0.5) is 0 Å². The van der Waals surface area contributed by atoms with Crippen LogP contribution in [0.25, 0.3) is 0 Å². The maximum atomic E-state index is 11.1. The number of hydrogen-bond acceptors (Lipinski definition) is 5. The summed E-state index contributed by atoms with van der Waals surface area (Å²) >= 11 is 7.17. The molecule has 1 rings (SSSR count). The molecule has 0 unspecified atom stereocenters. The van der Waals surface area contributed by atoms with Crippen LogP contribution in [0.3, 0.4) is 0 Å². The normalized spacial score (nSPS) is 10.2. The molecule has 0 amide bonds. The van der Waals surface area contributed by atoms with Gasteiger partial charge in [0.15, 0.2) is 0 Å². The Balaban J connectivity index is 2.81. The lowest BCUT2D eigenvalue weighted by atomic mass is 10.3. The van der Waals surface area contributed by atoms with Crippen LogP contribution in [-0.2, 0) is 9.59 Å². The second-order valence-corrected chi connectivity index (χ2v) is 5.56. The van der Waals surface area contributed by atoms with Crippen molar-refractivity contribution in [2.45, 2.75) is 31.6 Å². The number of thioether (sulfide) groups is 1. The van der Waals surface area contributed by atoms with Crippen molar-refractivity contribution in [2.24, 2.45) is 0 Å².